The van der Waals surface area contributed by atoms with Gasteiger partial charge in [-0.25, -0.2) is 0 Å². The van der Waals surface area contributed by atoms with Crippen LogP contribution in [0, 0.1) is 0 Å². The molecule has 0 amide bonds. The molecule has 1 saturated heterocycles. The van der Waals surface area contributed by atoms with Gasteiger partial charge in [0.1, 0.15) is 0 Å². The monoisotopic (exact) mass is 318 g/mol. The first-order valence-corrected chi connectivity index (χ1v) is 14.2. The maximum Gasteiger partial charge on any atom is 0.0873 e. The molecule has 0 atom stereocenters. The Bertz CT molecular complexity index is 209. The van der Waals surface area contributed by atoms with Crippen LogP contribution in [-0.4, -0.2) is 58.3 Å². The van der Waals surface area contributed by atoms with Crippen LogP contribution in [-0.2, 0) is 0 Å². The van der Waals surface area contributed by atoms with Gasteiger partial charge in [0, 0.05) is 0 Å². The molecular formula is C12H34N2Si4. The Balaban J connectivity index is 2.51. The van der Waals surface area contributed by atoms with Crippen molar-refractivity contribution in [3.8, 4) is 0 Å². The zero-order valence-corrected chi connectivity index (χ0v) is 19.2. The van der Waals surface area contributed by atoms with Crippen LogP contribution in [0.2, 0.25) is 24.2 Å². The highest BCUT2D eigenvalue weighted by Gasteiger charge is 2.24. The Labute approximate surface area is 124 Å². The van der Waals surface area contributed by atoms with Crippen molar-refractivity contribution in [1.82, 2.24) is 8.46 Å². The molecule has 2 nitrogen and oxygen atoms in total. The molecule has 18 heavy (non-hydrogen) atoms. The second kappa shape index (κ2) is 6.99. The second-order valence-electron chi connectivity index (χ2n) is 7.73. The molecule has 1 rings (SSSR count). The minimum absolute atomic E-state index is 0.0758. The highest BCUT2D eigenvalue weighted by atomic mass is 28.3. The van der Waals surface area contributed by atoms with Gasteiger partial charge in [0.25, 0.3) is 0 Å². The molecule has 0 aromatic carbocycles. The lowest BCUT2D eigenvalue weighted by atomic mass is 10.1. The zero-order chi connectivity index (χ0) is 13.8. The maximum atomic E-state index is 2.99. The molecule has 0 bridgehead atoms. The average molecular weight is 319 g/mol. The van der Waals surface area contributed by atoms with E-state index in [1.54, 1.807) is 24.2 Å². The molecule has 0 N–H and O–H groups in total. The summed E-state index contributed by atoms with van der Waals surface area (Å²) in [6.45, 7) is 14.6. The number of rotatable bonds is 0. The van der Waals surface area contributed by atoms with Crippen LogP contribution in [0.25, 0.3) is 0 Å². The lowest BCUT2D eigenvalue weighted by Gasteiger charge is -2.39. The Morgan fingerprint density at radius 1 is 0.556 bits per heavy atom. The van der Waals surface area contributed by atoms with Crippen LogP contribution in [0.3, 0.4) is 0 Å². The van der Waals surface area contributed by atoms with E-state index in [0.717, 1.165) is 0 Å². The summed E-state index contributed by atoms with van der Waals surface area (Å²) in [5.41, 5.74) is 0.981. The van der Waals surface area contributed by atoms with Crippen molar-refractivity contribution in [2.24, 2.45) is 0 Å². The van der Waals surface area contributed by atoms with Crippen molar-refractivity contribution in [2.45, 2.75) is 76.8 Å². The molecule has 0 spiro atoms. The fraction of sp³-hybridized carbons (Fsp3) is 1.00. The molecule has 0 saturated carbocycles. The Morgan fingerprint density at radius 2 is 0.778 bits per heavy atom. The zero-order valence-electron chi connectivity index (χ0n) is 13.6. The minimum atomic E-state index is 0.0758. The fourth-order valence-corrected chi connectivity index (χ4v) is 15.0. The molecule has 0 unspecified atom stereocenters. The summed E-state index contributed by atoms with van der Waals surface area (Å²) >= 11 is 0. The lowest BCUT2D eigenvalue weighted by Crippen LogP contribution is -2.49. The third-order valence-electron chi connectivity index (χ3n) is 4.11. The third-order valence-corrected chi connectivity index (χ3v) is 19.1. The Kier molecular flexibility index (Phi) is 6.54. The molecule has 0 aliphatic carbocycles. The summed E-state index contributed by atoms with van der Waals surface area (Å²) in [4.78, 5) is 0. The van der Waals surface area contributed by atoms with Gasteiger partial charge in [-0.3, -0.25) is 0 Å². The van der Waals surface area contributed by atoms with E-state index in [1.807, 2.05) is 0 Å². The maximum absolute atomic E-state index is 2.99. The van der Waals surface area contributed by atoms with Gasteiger partial charge in [0.05, 0.1) is 38.7 Å². The summed E-state index contributed by atoms with van der Waals surface area (Å²) in [5.74, 6) is 0. The summed E-state index contributed by atoms with van der Waals surface area (Å²) in [6, 6.07) is 6.38. The van der Waals surface area contributed by atoms with E-state index in [4.69, 9.17) is 0 Å². The first-order valence-electron chi connectivity index (χ1n) is 7.71. The quantitative estimate of drug-likeness (QED) is 0.589. The van der Waals surface area contributed by atoms with Crippen molar-refractivity contribution in [3.63, 3.8) is 0 Å². The van der Waals surface area contributed by atoms with Gasteiger partial charge in [-0.2, -0.15) is 0 Å². The summed E-state index contributed by atoms with van der Waals surface area (Å²) in [5, 5.41) is 0. The van der Waals surface area contributed by atoms with Gasteiger partial charge < -0.3 is 8.46 Å². The Morgan fingerprint density at radius 3 is 0.944 bits per heavy atom. The molecule has 1 fully saturated rings. The van der Waals surface area contributed by atoms with E-state index >= 15 is 0 Å². The van der Waals surface area contributed by atoms with Crippen LogP contribution < -0.4 is 0 Å². The lowest BCUT2D eigenvalue weighted by molar-refractivity contribution is 0.367. The standard InChI is InChI=1S/C12H34N2Si4/c1-11(2,3)13-15-7-9-17-14(12(4,5)6)18-10-8-16-13/h7-10,15-18H2,1-6H3. The van der Waals surface area contributed by atoms with E-state index < -0.39 is 0 Å². The van der Waals surface area contributed by atoms with E-state index in [2.05, 4.69) is 50.0 Å². The molecular weight excluding hydrogens is 284 g/mol. The molecule has 0 aromatic heterocycles. The van der Waals surface area contributed by atoms with Crippen LogP contribution in [0.15, 0.2) is 0 Å². The van der Waals surface area contributed by atoms with Crippen LogP contribution in [0.4, 0.5) is 0 Å². The summed E-state index contributed by atoms with van der Waals surface area (Å²) < 4.78 is 5.98. The smallest absolute Gasteiger partial charge is 0.0873 e. The normalized spacial score (nSPS) is 28.3. The molecule has 1 heterocycles. The van der Waals surface area contributed by atoms with E-state index in [-0.39, 0.29) is 38.7 Å². The largest absolute Gasteiger partial charge is 0.351 e. The first-order chi connectivity index (χ1) is 8.21. The minimum Gasteiger partial charge on any atom is -0.351 e. The predicted octanol–water partition coefficient (Wildman–Crippen LogP) is 0.209. The van der Waals surface area contributed by atoms with Gasteiger partial charge in [-0.1, -0.05) is 24.2 Å². The van der Waals surface area contributed by atoms with Gasteiger partial charge >= 0.3 is 0 Å². The van der Waals surface area contributed by atoms with Crippen LogP contribution >= 0.6 is 0 Å². The molecule has 0 radical (unpaired) electrons. The van der Waals surface area contributed by atoms with E-state index in [1.165, 1.54) is 0 Å². The van der Waals surface area contributed by atoms with Crippen molar-refractivity contribution in [2.75, 3.05) is 0 Å². The van der Waals surface area contributed by atoms with Crippen LogP contribution in [0.1, 0.15) is 41.5 Å². The molecule has 6 heteroatoms. The van der Waals surface area contributed by atoms with E-state index in [9.17, 15) is 0 Å². The van der Waals surface area contributed by atoms with Gasteiger partial charge in [0.15, 0.2) is 0 Å². The Hall–Kier alpha value is 0.788. The number of hydrogen-bond acceptors (Lipinski definition) is 2. The van der Waals surface area contributed by atoms with Crippen molar-refractivity contribution < 1.29 is 0 Å². The molecule has 108 valence electrons. The molecule has 1 aliphatic heterocycles. The van der Waals surface area contributed by atoms with Gasteiger partial charge in [-0.05, 0) is 52.6 Å². The van der Waals surface area contributed by atoms with Crippen molar-refractivity contribution >= 4 is 38.7 Å². The predicted molar refractivity (Wildman–Crippen MR) is 96.6 cm³/mol. The van der Waals surface area contributed by atoms with Gasteiger partial charge in [-0.15, -0.1) is 0 Å². The highest BCUT2D eigenvalue weighted by Crippen LogP contribution is 2.18. The van der Waals surface area contributed by atoms with E-state index in [0.29, 0.717) is 11.1 Å². The third kappa shape index (κ3) is 5.83. The highest BCUT2D eigenvalue weighted by molar-refractivity contribution is 6.57. The molecule has 1 aliphatic rings. The number of nitrogens with zero attached hydrogens (tertiary/aromatic N) is 2. The summed E-state index contributed by atoms with van der Waals surface area (Å²) in [7, 11) is 0.303. The number of hydrogen-bond donors (Lipinski definition) is 0. The second-order valence-corrected chi connectivity index (χ2v) is 17.2. The topological polar surface area (TPSA) is 6.48 Å². The SMILES string of the molecule is CC(C)(C)N1[SiH2]CC[SiH2]N(C(C)(C)C)[SiH2]CC[SiH2]1. The first kappa shape index (κ1) is 16.8. The molecule has 0 aromatic rings. The average Bonchev–Trinajstić information content (AvgIpc) is 2.22. The van der Waals surface area contributed by atoms with Gasteiger partial charge in [0.2, 0.25) is 0 Å². The van der Waals surface area contributed by atoms with Crippen molar-refractivity contribution in [3.05, 3.63) is 0 Å². The van der Waals surface area contributed by atoms with Crippen LogP contribution in [0.5, 0.6) is 0 Å². The van der Waals surface area contributed by atoms with Crippen molar-refractivity contribution in [1.29, 1.82) is 0 Å². The fourth-order valence-electron chi connectivity index (χ4n) is 2.78. The summed E-state index contributed by atoms with van der Waals surface area (Å²) in [6.07, 6.45) is 0.